The van der Waals surface area contributed by atoms with Crippen LogP contribution in [0.15, 0.2) is 39.5 Å². The van der Waals surface area contributed by atoms with Crippen LogP contribution in [0, 0.1) is 5.41 Å². The molecule has 2 N–H and O–H groups in total. The minimum Gasteiger partial charge on any atom is -0.451 e. The van der Waals surface area contributed by atoms with Gasteiger partial charge in [0.05, 0.1) is 11.5 Å². The number of nitrogens with one attached hydrogen (secondary N) is 1. The van der Waals surface area contributed by atoms with Crippen molar-refractivity contribution in [1.29, 1.82) is 0 Å². The smallest absolute Gasteiger partial charge is 0.287 e. The van der Waals surface area contributed by atoms with Crippen LogP contribution >= 0.6 is 0 Å². The summed E-state index contributed by atoms with van der Waals surface area (Å²) in [5, 5.41) is 12.9. The molecule has 0 saturated heterocycles. The number of aliphatic hydroxyl groups is 1. The second-order valence-corrected chi connectivity index (χ2v) is 6.06. The maximum absolute atomic E-state index is 12.0. The van der Waals surface area contributed by atoms with Crippen molar-refractivity contribution in [3.8, 4) is 0 Å². The van der Waals surface area contributed by atoms with Crippen LogP contribution in [-0.4, -0.2) is 23.7 Å². The predicted molar refractivity (Wildman–Crippen MR) is 80.3 cm³/mol. The number of carbonyl (C=O) groups is 1. The van der Waals surface area contributed by atoms with E-state index in [0.29, 0.717) is 11.0 Å². The van der Waals surface area contributed by atoms with Gasteiger partial charge in [-0.1, -0.05) is 32.9 Å². The Balaban J connectivity index is 2.19. The van der Waals surface area contributed by atoms with E-state index in [4.69, 9.17) is 4.42 Å². The Kier molecular flexibility index (Phi) is 4.14. The van der Waals surface area contributed by atoms with Crippen LogP contribution < -0.4 is 10.7 Å². The van der Waals surface area contributed by atoms with Gasteiger partial charge in [0.25, 0.3) is 5.91 Å². The van der Waals surface area contributed by atoms with E-state index in [1.165, 1.54) is 6.07 Å². The minimum absolute atomic E-state index is 0.0557. The van der Waals surface area contributed by atoms with E-state index >= 15 is 0 Å². The molecule has 1 amide bonds. The van der Waals surface area contributed by atoms with E-state index in [-0.39, 0.29) is 23.1 Å². The number of aliphatic hydroxyl groups excluding tert-OH is 1. The first kappa shape index (κ1) is 15.3. The van der Waals surface area contributed by atoms with Crippen molar-refractivity contribution in [2.75, 3.05) is 6.54 Å². The number of fused-ring (bicyclic) bond motifs is 1. The Morgan fingerprint density at radius 2 is 2.00 bits per heavy atom. The molecule has 1 heterocycles. The van der Waals surface area contributed by atoms with E-state index in [9.17, 15) is 14.7 Å². The number of benzene rings is 1. The molecule has 1 unspecified atom stereocenters. The van der Waals surface area contributed by atoms with Gasteiger partial charge >= 0.3 is 0 Å². The van der Waals surface area contributed by atoms with Gasteiger partial charge in [0.2, 0.25) is 0 Å². The fraction of sp³-hybridized carbons (Fsp3) is 0.375. The number of hydrogen-bond donors (Lipinski definition) is 2. The number of carbonyl (C=O) groups excluding carboxylic acids is 1. The Morgan fingerprint density at radius 1 is 1.33 bits per heavy atom. The molecule has 112 valence electrons. The van der Waals surface area contributed by atoms with Crippen molar-refractivity contribution >= 4 is 16.9 Å². The predicted octanol–water partition coefficient (Wildman–Crippen LogP) is 1.93. The maximum Gasteiger partial charge on any atom is 0.287 e. The lowest BCUT2D eigenvalue weighted by Crippen LogP contribution is -2.39. The quantitative estimate of drug-likeness (QED) is 0.905. The first-order valence-corrected chi connectivity index (χ1v) is 6.78. The van der Waals surface area contributed by atoms with Crippen LogP contribution in [0.5, 0.6) is 0 Å². The molecule has 2 aromatic rings. The molecular weight excluding hydrogens is 270 g/mol. The van der Waals surface area contributed by atoms with Gasteiger partial charge in [-0.15, -0.1) is 0 Å². The number of hydrogen-bond acceptors (Lipinski definition) is 4. The van der Waals surface area contributed by atoms with Crippen LogP contribution in [-0.2, 0) is 0 Å². The van der Waals surface area contributed by atoms with E-state index in [0.717, 1.165) is 0 Å². The van der Waals surface area contributed by atoms with Gasteiger partial charge in [-0.2, -0.15) is 0 Å². The molecule has 0 saturated carbocycles. The first-order chi connectivity index (χ1) is 9.79. The van der Waals surface area contributed by atoms with Crippen molar-refractivity contribution in [3.63, 3.8) is 0 Å². The van der Waals surface area contributed by atoms with Crippen LogP contribution in [0.2, 0.25) is 0 Å². The van der Waals surface area contributed by atoms with Crippen LogP contribution in [0.3, 0.4) is 0 Å². The van der Waals surface area contributed by atoms with Gasteiger partial charge in [-0.3, -0.25) is 9.59 Å². The molecule has 1 atom stereocenters. The average Bonchev–Trinajstić information content (AvgIpc) is 2.43. The van der Waals surface area contributed by atoms with Crippen molar-refractivity contribution in [2.45, 2.75) is 26.9 Å². The maximum atomic E-state index is 12.0. The summed E-state index contributed by atoms with van der Waals surface area (Å²) in [5.74, 6) is -0.569. The normalized spacial score (nSPS) is 13.1. The molecule has 0 aliphatic rings. The van der Waals surface area contributed by atoms with Crippen LogP contribution in [0.1, 0.15) is 31.3 Å². The lowest BCUT2D eigenvalue weighted by Gasteiger charge is -2.25. The average molecular weight is 289 g/mol. The third-order valence-corrected chi connectivity index (χ3v) is 3.31. The topological polar surface area (TPSA) is 79.5 Å². The summed E-state index contributed by atoms with van der Waals surface area (Å²) >= 11 is 0. The highest BCUT2D eigenvalue weighted by molar-refractivity contribution is 5.93. The highest BCUT2D eigenvalue weighted by Crippen LogP contribution is 2.18. The van der Waals surface area contributed by atoms with Crippen molar-refractivity contribution in [2.24, 2.45) is 5.41 Å². The highest BCUT2D eigenvalue weighted by Gasteiger charge is 2.23. The first-order valence-electron chi connectivity index (χ1n) is 6.78. The third-order valence-electron chi connectivity index (χ3n) is 3.31. The fourth-order valence-electron chi connectivity index (χ4n) is 1.80. The monoisotopic (exact) mass is 289 g/mol. The zero-order valence-corrected chi connectivity index (χ0v) is 12.3. The molecule has 2 rings (SSSR count). The van der Waals surface area contributed by atoms with E-state index in [2.05, 4.69) is 5.32 Å². The molecule has 5 heteroatoms. The molecule has 0 radical (unpaired) electrons. The number of amides is 1. The van der Waals surface area contributed by atoms with Gasteiger partial charge in [0.1, 0.15) is 5.58 Å². The highest BCUT2D eigenvalue weighted by atomic mass is 16.3. The van der Waals surface area contributed by atoms with Gasteiger partial charge in [-0.25, -0.2) is 0 Å². The summed E-state index contributed by atoms with van der Waals surface area (Å²) in [6.45, 7) is 5.72. The molecule has 1 aromatic carbocycles. The van der Waals surface area contributed by atoms with Crippen LogP contribution in [0.25, 0.3) is 11.0 Å². The van der Waals surface area contributed by atoms with Gasteiger partial charge < -0.3 is 14.8 Å². The van der Waals surface area contributed by atoms with Gasteiger partial charge in [0.15, 0.2) is 11.2 Å². The Labute approximate surface area is 122 Å². The zero-order valence-electron chi connectivity index (χ0n) is 12.3. The molecule has 0 bridgehead atoms. The summed E-state index contributed by atoms with van der Waals surface area (Å²) in [5.41, 5.74) is -0.234. The summed E-state index contributed by atoms with van der Waals surface area (Å²) in [6, 6.07) is 7.92. The second kappa shape index (κ2) is 5.69. The number of para-hydroxylation sites is 1. The fourth-order valence-corrected chi connectivity index (χ4v) is 1.80. The lowest BCUT2D eigenvalue weighted by molar-refractivity contribution is 0.0579. The molecule has 1 aromatic heterocycles. The summed E-state index contributed by atoms with van der Waals surface area (Å²) in [4.78, 5) is 23.9. The second-order valence-electron chi connectivity index (χ2n) is 6.06. The summed E-state index contributed by atoms with van der Waals surface area (Å²) < 4.78 is 5.43. The van der Waals surface area contributed by atoms with E-state index < -0.39 is 12.0 Å². The molecule has 0 spiro atoms. The van der Waals surface area contributed by atoms with Gasteiger partial charge in [-0.05, 0) is 17.5 Å². The Morgan fingerprint density at radius 3 is 2.67 bits per heavy atom. The number of rotatable bonds is 3. The van der Waals surface area contributed by atoms with E-state index in [1.54, 1.807) is 24.3 Å². The molecule has 0 aliphatic carbocycles. The summed E-state index contributed by atoms with van der Waals surface area (Å²) in [7, 11) is 0. The van der Waals surface area contributed by atoms with Crippen molar-refractivity contribution in [3.05, 3.63) is 46.3 Å². The molecule has 5 nitrogen and oxygen atoms in total. The third kappa shape index (κ3) is 3.49. The Hall–Kier alpha value is -2.14. The van der Waals surface area contributed by atoms with Crippen LogP contribution in [0.4, 0.5) is 0 Å². The largest absolute Gasteiger partial charge is 0.451 e. The SMILES string of the molecule is CC(C)(C)C(O)CNC(=O)c1cc(=O)c2ccccc2o1. The van der Waals surface area contributed by atoms with Crippen molar-refractivity contribution < 1.29 is 14.3 Å². The Bertz CT molecular complexity index is 712. The molecule has 0 fully saturated rings. The minimum atomic E-state index is -0.686. The van der Waals surface area contributed by atoms with Gasteiger partial charge in [0, 0.05) is 12.6 Å². The lowest BCUT2D eigenvalue weighted by atomic mass is 9.89. The zero-order chi connectivity index (χ0) is 15.6. The van der Waals surface area contributed by atoms with Crippen molar-refractivity contribution in [1.82, 2.24) is 5.32 Å². The molecule has 0 aliphatic heterocycles. The summed E-state index contributed by atoms with van der Waals surface area (Å²) in [6.07, 6.45) is -0.686. The molecular formula is C16H19NO4. The molecule has 21 heavy (non-hydrogen) atoms. The van der Waals surface area contributed by atoms with E-state index in [1.807, 2.05) is 20.8 Å². The standard InChI is InChI=1S/C16H19NO4/c1-16(2,3)14(19)9-17-15(20)13-8-11(18)10-6-4-5-7-12(10)21-13/h4-8,14,19H,9H2,1-3H3,(H,17,20).